The lowest BCUT2D eigenvalue weighted by Crippen LogP contribution is -2.09. The minimum Gasteiger partial charge on any atom is -0.397 e. The molecular formula is C22H27N3O. The molecule has 2 aromatic rings. The second-order valence-corrected chi connectivity index (χ2v) is 6.49. The highest BCUT2D eigenvalue weighted by atomic mass is 16.1. The summed E-state index contributed by atoms with van der Waals surface area (Å²) in [4.78, 5) is 14.0. The number of nitrogens with zero attached hydrogens (tertiary/aromatic N) is 1. The third kappa shape index (κ3) is 5.81. The molecule has 0 fully saturated rings. The molecule has 1 unspecified atom stereocenters. The van der Waals surface area contributed by atoms with Crippen LogP contribution in [0.1, 0.15) is 24.8 Å². The van der Waals surface area contributed by atoms with Crippen molar-refractivity contribution in [3.63, 3.8) is 0 Å². The second-order valence-electron chi connectivity index (χ2n) is 6.49. The summed E-state index contributed by atoms with van der Waals surface area (Å²) in [5.41, 5.74) is 9.49. The van der Waals surface area contributed by atoms with Crippen LogP contribution in [0.5, 0.6) is 0 Å². The Morgan fingerprint density at radius 2 is 1.81 bits per heavy atom. The highest BCUT2D eigenvalue weighted by Gasteiger charge is 2.04. The summed E-state index contributed by atoms with van der Waals surface area (Å²) in [6.07, 6.45) is 8.14. The topological polar surface area (TPSA) is 58.4 Å². The average molecular weight is 349 g/mol. The van der Waals surface area contributed by atoms with Crippen molar-refractivity contribution in [1.82, 2.24) is 0 Å². The number of nitrogens with one attached hydrogen (secondary N) is 1. The van der Waals surface area contributed by atoms with E-state index in [0.29, 0.717) is 17.3 Å². The van der Waals surface area contributed by atoms with Gasteiger partial charge in [-0.3, -0.25) is 4.79 Å². The van der Waals surface area contributed by atoms with E-state index in [1.807, 2.05) is 32.3 Å². The monoisotopic (exact) mass is 349 g/mol. The Kier molecular flexibility index (Phi) is 7.03. The molecule has 1 atom stereocenters. The number of carbonyl (C=O) groups excluding carboxylic acids is 1. The number of amides is 1. The van der Waals surface area contributed by atoms with E-state index in [1.54, 1.807) is 18.2 Å². The fourth-order valence-corrected chi connectivity index (χ4v) is 2.53. The molecule has 0 spiro atoms. The number of para-hydroxylation sites is 2. The van der Waals surface area contributed by atoms with Crippen LogP contribution in [-0.2, 0) is 4.79 Å². The first-order valence-corrected chi connectivity index (χ1v) is 8.73. The molecule has 3 N–H and O–H groups in total. The fraction of sp³-hybridized carbons (Fsp3) is 0.227. The molecule has 4 nitrogen and oxygen atoms in total. The SMILES string of the molecule is CC(C/C=C/C=C/C(=O)Nc1ccccc1N)c1ccc(N(C)C)cc1. The summed E-state index contributed by atoms with van der Waals surface area (Å²) in [5.74, 6) is 0.230. The van der Waals surface area contributed by atoms with Crippen LogP contribution in [0.15, 0.2) is 72.8 Å². The fourth-order valence-electron chi connectivity index (χ4n) is 2.53. The maximum absolute atomic E-state index is 11.9. The highest BCUT2D eigenvalue weighted by Crippen LogP contribution is 2.22. The van der Waals surface area contributed by atoms with E-state index in [4.69, 9.17) is 5.73 Å². The second kappa shape index (κ2) is 9.47. The zero-order valence-corrected chi connectivity index (χ0v) is 15.6. The van der Waals surface area contributed by atoms with Crippen molar-refractivity contribution in [3.8, 4) is 0 Å². The first-order valence-electron chi connectivity index (χ1n) is 8.73. The summed E-state index contributed by atoms with van der Waals surface area (Å²) >= 11 is 0. The van der Waals surface area contributed by atoms with Gasteiger partial charge in [-0.2, -0.15) is 0 Å². The summed E-state index contributed by atoms with van der Waals surface area (Å²) in [6, 6.07) is 15.8. The Hall–Kier alpha value is -3.01. The average Bonchev–Trinajstić information content (AvgIpc) is 2.63. The van der Waals surface area contributed by atoms with Crippen LogP contribution in [0.4, 0.5) is 17.1 Å². The molecule has 0 heterocycles. The maximum Gasteiger partial charge on any atom is 0.248 e. The lowest BCUT2D eigenvalue weighted by Gasteiger charge is -2.14. The normalized spacial score (nSPS) is 12.4. The van der Waals surface area contributed by atoms with Crippen molar-refractivity contribution in [2.75, 3.05) is 30.0 Å². The predicted octanol–water partition coefficient (Wildman–Crippen LogP) is 4.58. The highest BCUT2D eigenvalue weighted by molar-refractivity contribution is 6.01. The Morgan fingerprint density at radius 3 is 2.46 bits per heavy atom. The zero-order chi connectivity index (χ0) is 18.9. The molecule has 4 heteroatoms. The lowest BCUT2D eigenvalue weighted by molar-refractivity contribution is -0.111. The van der Waals surface area contributed by atoms with Crippen molar-refractivity contribution in [3.05, 3.63) is 78.4 Å². The minimum absolute atomic E-state index is 0.195. The smallest absolute Gasteiger partial charge is 0.248 e. The van der Waals surface area contributed by atoms with Crippen LogP contribution in [0.2, 0.25) is 0 Å². The number of hydrogen-bond donors (Lipinski definition) is 2. The van der Waals surface area contributed by atoms with Gasteiger partial charge >= 0.3 is 0 Å². The van der Waals surface area contributed by atoms with Gasteiger partial charge in [-0.25, -0.2) is 0 Å². The van der Waals surface area contributed by atoms with Crippen LogP contribution in [-0.4, -0.2) is 20.0 Å². The standard InChI is InChI=1S/C22H27N3O/c1-17(18-13-15-19(16-14-18)25(2)3)9-5-4-6-12-22(26)24-21-11-8-7-10-20(21)23/h4-8,10-17H,9,23H2,1-3H3,(H,24,26)/b5-4+,12-6+. The number of nitrogens with two attached hydrogens (primary N) is 1. The largest absolute Gasteiger partial charge is 0.397 e. The van der Waals surface area contributed by atoms with Gasteiger partial charge in [0.15, 0.2) is 0 Å². The molecule has 0 aliphatic heterocycles. The van der Waals surface area contributed by atoms with Crippen LogP contribution in [0.25, 0.3) is 0 Å². The van der Waals surface area contributed by atoms with Gasteiger partial charge in [-0.1, -0.05) is 49.4 Å². The molecule has 0 aromatic heterocycles. The first-order chi connectivity index (χ1) is 12.5. The third-order valence-corrected chi connectivity index (χ3v) is 4.18. The van der Waals surface area contributed by atoms with Gasteiger partial charge in [0.1, 0.15) is 0 Å². The van der Waals surface area contributed by atoms with E-state index >= 15 is 0 Å². The summed E-state index contributed by atoms with van der Waals surface area (Å²) in [6.45, 7) is 2.20. The van der Waals surface area contributed by atoms with Crippen LogP contribution < -0.4 is 16.0 Å². The Morgan fingerprint density at radius 1 is 1.12 bits per heavy atom. The maximum atomic E-state index is 11.9. The van der Waals surface area contributed by atoms with Crippen LogP contribution >= 0.6 is 0 Å². The Bertz CT molecular complexity index is 776. The molecule has 0 aliphatic carbocycles. The van der Waals surface area contributed by atoms with E-state index < -0.39 is 0 Å². The Labute approximate surface area is 156 Å². The quantitative estimate of drug-likeness (QED) is 0.437. The molecule has 1 amide bonds. The molecule has 136 valence electrons. The first kappa shape index (κ1) is 19.3. The molecule has 2 rings (SSSR count). The summed E-state index contributed by atoms with van der Waals surface area (Å²) in [7, 11) is 4.07. The van der Waals surface area contributed by atoms with Crippen LogP contribution in [0.3, 0.4) is 0 Å². The van der Waals surface area contributed by atoms with Gasteiger partial charge in [0.2, 0.25) is 5.91 Å². The Balaban J connectivity index is 1.81. The summed E-state index contributed by atoms with van der Waals surface area (Å²) < 4.78 is 0. The van der Waals surface area contributed by atoms with Gasteiger partial charge in [-0.15, -0.1) is 0 Å². The number of nitrogen functional groups attached to an aromatic ring is 1. The van der Waals surface area contributed by atoms with Gasteiger partial charge in [0.25, 0.3) is 0 Å². The predicted molar refractivity (Wildman–Crippen MR) is 112 cm³/mol. The number of rotatable bonds is 7. The number of carbonyl (C=O) groups is 1. The van der Waals surface area contributed by atoms with Crippen molar-refractivity contribution in [1.29, 1.82) is 0 Å². The van der Waals surface area contributed by atoms with E-state index in [0.717, 1.165) is 6.42 Å². The van der Waals surface area contributed by atoms with E-state index in [-0.39, 0.29) is 5.91 Å². The van der Waals surface area contributed by atoms with Crippen molar-refractivity contribution in [2.24, 2.45) is 0 Å². The van der Waals surface area contributed by atoms with E-state index in [9.17, 15) is 4.79 Å². The van der Waals surface area contributed by atoms with Crippen molar-refractivity contribution in [2.45, 2.75) is 19.3 Å². The molecule has 26 heavy (non-hydrogen) atoms. The van der Waals surface area contributed by atoms with Crippen LogP contribution in [0, 0.1) is 0 Å². The van der Waals surface area contributed by atoms with Crippen molar-refractivity contribution < 1.29 is 4.79 Å². The van der Waals surface area contributed by atoms with Crippen molar-refractivity contribution >= 4 is 23.0 Å². The molecule has 0 aliphatic rings. The number of benzene rings is 2. The number of anilines is 3. The van der Waals surface area contributed by atoms with Gasteiger partial charge in [0, 0.05) is 25.9 Å². The minimum atomic E-state index is -0.195. The van der Waals surface area contributed by atoms with Gasteiger partial charge < -0.3 is 16.0 Å². The molecular weight excluding hydrogens is 322 g/mol. The zero-order valence-electron chi connectivity index (χ0n) is 15.6. The number of hydrogen-bond acceptors (Lipinski definition) is 3. The molecule has 0 radical (unpaired) electrons. The lowest BCUT2D eigenvalue weighted by atomic mass is 9.97. The molecule has 0 bridgehead atoms. The number of allylic oxidation sites excluding steroid dienone is 3. The third-order valence-electron chi connectivity index (χ3n) is 4.18. The molecule has 0 saturated heterocycles. The molecule has 2 aromatic carbocycles. The van der Waals surface area contributed by atoms with Gasteiger partial charge in [-0.05, 0) is 42.2 Å². The molecule has 0 saturated carbocycles. The van der Waals surface area contributed by atoms with E-state index in [2.05, 4.69) is 47.5 Å². The summed E-state index contributed by atoms with van der Waals surface area (Å²) in [5, 5.41) is 2.76. The van der Waals surface area contributed by atoms with Gasteiger partial charge in [0.05, 0.1) is 11.4 Å². The van der Waals surface area contributed by atoms with E-state index in [1.165, 1.54) is 17.3 Å².